The summed E-state index contributed by atoms with van der Waals surface area (Å²) >= 11 is 12.1. The van der Waals surface area contributed by atoms with E-state index in [-0.39, 0.29) is 12.5 Å². The van der Waals surface area contributed by atoms with Gasteiger partial charge in [-0.05, 0) is 42.5 Å². The van der Waals surface area contributed by atoms with E-state index < -0.39 is 0 Å². The lowest BCUT2D eigenvalue weighted by Crippen LogP contribution is -3.10. The highest BCUT2D eigenvalue weighted by Crippen LogP contribution is 2.25. The van der Waals surface area contributed by atoms with Gasteiger partial charge < -0.3 is 19.1 Å². The second-order valence-electron chi connectivity index (χ2n) is 5.61. The SMILES string of the molecule is O=C(C[NH+](Cc1ccco1)Cc1ccco1)Nc1cc(Cl)ccc1Cl. The van der Waals surface area contributed by atoms with E-state index in [0.717, 1.165) is 16.4 Å². The first-order valence-electron chi connectivity index (χ1n) is 7.73. The summed E-state index contributed by atoms with van der Waals surface area (Å²) in [7, 11) is 0. The lowest BCUT2D eigenvalue weighted by atomic mass is 10.3. The van der Waals surface area contributed by atoms with Crippen molar-refractivity contribution < 1.29 is 18.5 Å². The van der Waals surface area contributed by atoms with Crippen molar-refractivity contribution in [1.29, 1.82) is 0 Å². The van der Waals surface area contributed by atoms with Crippen molar-refractivity contribution >= 4 is 34.8 Å². The number of furan rings is 2. The normalized spacial score (nSPS) is 11.0. The van der Waals surface area contributed by atoms with Gasteiger partial charge in [-0.2, -0.15) is 0 Å². The molecular formula is C18H17Cl2N2O3+. The van der Waals surface area contributed by atoms with Gasteiger partial charge in [0.05, 0.1) is 23.2 Å². The number of carbonyl (C=O) groups excluding carboxylic acids is 1. The predicted molar refractivity (Wildman–Crippen MR) is 95.7 cm³/mol. The van der Waals surface area contributed by atoms with Gasteiger partial charge >= 0.3 is 0 Å². The van der Waals surface area contributed by atoms with E-state index in [1.54, 1.807) is 30.7 Å². The maximum atomic E-state index is 12.4. The molecule has 0 saturated heterocycles. The molecule has 0 radical (unpaired) electrons. The van der Waals surface area contributed by atoms with Crippen molar-refractivity contribution in [2.45, 2.75) is 13.1 Å². The Labute approximate surface area is 155 Å². The van der Waals surface area contributed by atoms with Crippen molar-refractivity contribution in [3.05, 3.63) is 76.6 Å². The van der Waals surface area contributed by atoms with Crippen LogP contribution < -0.4 is 10.2 Å². The third-order valence-corrected chi connectivity index (χ3v) is 4.19. The third kappa shape index (κ3) is 5.13. The Morgan fingerprint density at radius 2 is 1.64 bits per heavy atom. The number of benzene rings is 1. The van der Waals surface area contributed by atoms with Crippen molar-refractivity contribution in [1.82, 2.24) is 0 Å². The molecule has 0 aliphatic rings. The number of carbonyl (C=O) groups is 1. The average molecular weight is 380 g/mol. The fraction of sp³-hybridized carbons (Fsp3) is 0.167. The van der Waals surface area contributed by atoms with Crippen LogP contribution in [0.25, 0.3) is 0 Å². The lowest BCUT2D eigenvalue weighted by Gasteiger charge is -2.17. The molecule has 0 atom stereocenters. The van der Waals surface area contributed by atoms with Crippen LogP contribution in [0.1, 0.15) is 11.5 Å². The van der Waals surface area contributed by atoms with Crippen LogP contribution in [-0.2, 0) is 17.9 Å². The molecule has 25 heavy (non-hydrogen) atoms. The minimum absolute atomic E-state index is 0.169. The van der Waals surface area contributed by atoms with Gasteiger partial charge in [0.2, 0.25) is 0 Å². The van der Waals surface area contributed by atoms with Gasteiger partial charge in [0, 0.05) is 5.02 Å². The van der Waals surface area contributed by atoms with E-state index in [4.69, 9.17) is 32.0 Å². The molecule has 2 heterocycles. The zero-order chi connectivity index (χ0) is 17.6. The van der Waals surface area contributed by atoms with Crippen molar-refractivity contribution in [3.63, 3.8) is 0 Å². The van der Waals surface area contributed by atoms with E-state index in [1.165, 1.54) is 0 Å². The molecule has 1 amide bonds. The molecule has 1 aromatic carbocycles. The summed E-state index contributed by atoms with van der Waals surface area (Å²) in [6, 6.07) is 12.4. The summed E-state index contributed by atoms with van der Waals surface area (Å²) in [5.41, 5.74) is 0.495. The lowest BCUT2D eigenvalue weighted by molar-refractivity contribution is -0.921. The van der Waals surface area contributed by atoms with Crippen molar-refractivity contribution in [2.75, 3.05) is 11.9 Å². The Hall–Kier alpha value is -2.21. The van der Waals surface area contributed by atoms with Gasteiger partial charge in [0.25, 0.3) is 5.91 Å². The van der Waals surface area contributed by atoms with Crippen LogP contribution >= 0.6 is 23.2 Å². The van der Waals surface area contributed by atoms with Crippen LogP contribution in [0, 0.1) is 0 Å². The molecule has 0 aliphatic heterocycles. The predicted octanol–water partition coefficient (Wildman–Crippen LogP) is 3.40. The number of hydrogen-bond donors (Lipinski definition) is 2. The summed E-state index contributed by atoms with van der Waals surface area (Å²) in [5, 5.41) is 3.75. The van der Waals surface area contributed by atoms with Crippen LogP contribution in [0.4, 0.5) is 5.69 Å². The highest BCUT2D eigenvalue weighted by Gasteiger charge is 2.19. The summed E-state index contributed by atoms with van der Waals surface area (Å²) in [6.45, 7) is 1.35. The molecule has 3 aromatic rings. The molecule has 0 saturated carbocycles. The molecule has 2 aromatic heterocycles. The molecule has 7 heteroatoms. The topological polar surface area (TPSA) is 59.8 Å². The summed E-state index contributed by atoms with van der Waals surface area (Å²) < 4.78 is 10.8. The summed E-state index contributed by atoms with van der Waals surface area (Å²) in [5.74, 6) is 1.43. The molecule has 130 valence electrons. The zero-order valence-electron chi connectivity index (χ0n) is 13.3. The highest BCUT2D eigenvalue weighted by molar-refractivity contribution is 6.35. The number of amides is 1. The van der Waals surface area contributed by atoms with Crippen LogP contribution in [0.3, 0.4) is 0 Å². The number of rotatable bonds is 7. The fourth-order valence-corrected chi connectivity index (χ4v) is 2.86. The maximum absolute atomic E-state index is 12.4. The van der Waals surface area contributed by atoms with Gasteiger partial charge in [0.1, 0.15) is 13.1 Å². The van der Waals surface area contributed by atoms with Gasteiger partial charge in [-0.1, -0.05) is 23.2 Å². The van der Waals surface area contributed by atoms with Gasteiger partial charge in [-0.25, -0.2) is 0 Å². The smallest absolute Gasteiger partial charge is 0.279 e. The van der Waals surface area contributed by atoms with Gasteiger partial charge in [-0.15, -0.1) is 0 Å². The molecule has 0 bridgehead atoms. The maximum Gasteiger partial charge on any atom is 0.279 e. The van der Waals surface area contributed by atoms with Crippen LogP contribution in [0.15, 0.2) is 63.8 Å². The summed E-state index contributed by atoms with van der Waals surface area (Å²) in [4.78, 5) is 13.4. The summed E-state index contributed by atoms with van der Waals surface area (Å²) in [6.07, 6.45) is 3.23. The Kier molecular flexibility index (Phi) is 5.81. The van der Waals surface area contributed by atoms with Crippen molar-refractivity contribution in [2.24, 2.45) is 0 Å². The highest BCUT2D eigenvalue weighted by atomic mass is 35.5. The van der Waals surface area contributed by atoms with Crippen LogP contribution in [-0.4, -0.2) is 12.5 Å². The monoisotopic (exact) mass is 379 g/mol. The molecule has 0 unspecified atom stereocenters. The first-order chi connectivity index (χ1) is 12.1. The molecule has 5 nitrogen and oxygen atoms in total. The van der Waals surface area contributed by atoms with Gasteiger partial charge in [-0.3, -0.25) is 4.79 Å². The van der Waals surface area contributed by atoms with E-state index >= 15 is 0 Å². The first-order valence-corrected chi connectivity index (χ1v) is 8.49. The standard InChI is InChI=1S/C18H16Cl2N2O3/c19-13-5-6-16(20)17(9-13)21-18(23)12-22(10-14-3-1-7-24-14)11-15-4-2-8-25-15/h1-9H,10-12H2,(H,21,23)/p+1. The largest absolute Gasteiger partial charge is 0.463 e. The minimum Gasteiger partial charge on any atom is -0.463 e. The molecule has 0 aliphatic carbocycles. The third-order valence-electron chi connectivity index (χ3n) is 3.62. The Morgan fingerprint density at radius 1 is 1.00 bits per heavy atom. The second kappa shape index (κ2) is 8.25. The second-order valence-corrected chi connectivity index (χ2v) is 6.46. The van der Waals surface area contributed by atoms with Crippen LogP contribution in [0.2, 0.25) is 10.0 Å². The molecule has 0 spiro atoms. The molecule has 3 rings (SSSR count). The number of hydrogen-bond acceptors (Lipinski definition) is 3. The quantitative estimate of drug-likeness (QED) is 0.661. The molecular weight excluding hydrogens is 363 g/mol. The van der Waals surface area contributed by atoms with Crippen LogP contribution in [0.5, 0.6) is 0 Å². The number of anilines is 1. The Bertz CT molecular complexity index is 781. The molecule has 0 fully saturated rings. The van der Waals surface area contributed by atoms with E-state index in [2.05, 4.69) is 5.32 Å². The number of nitrogens with one attached hydrogen (secondary N) is 2. The molecule has 2 N–H and O–H groups in total. The Balaban J connectivity index is 1.67. The Morgan fingerprint density at radius 3 is 2.20 bits per heavy atom. The van der Waals surface area contributed by atoms with Gasteiger partial charge in [0.15, 0.2) is 18.1 Å². The van der Waals surface area contributed by atoms with E-state index in [1.807, 2.05) is 24.3 Å². The first kappa shape index (κ1) is 17.6. The average Bonchev–Trinajstić information content (AvgIpc) is 3.25. The minimum atomic E-state index is -0.169. The zero-order valence-corrected chi connectivity index (χ0v) is 14.8. The van der Waals surface area contributed by atoms with E-state index in [9.17, 15) is 4.79 Å². The van der Waals surface area contributed by atoms with E-state index in [0.29, 0.717) is 28.8 Å². The van der Waals surface area contributed by atoms with Crippen molar-refractivity contribution in [3.8, 4) is 0 Å². The number of quaternary nitrogens is 1. The fourth-order valence-electron chi connectivity index (χ4n) is 2.52. The number of halogens is 2.